The third-order valence-corrected chi connectivity index (χ3v) is 6.20. The summed E-state index contributed by atoms with van der Waals surface area (Å²) in [4.78, 5) is 13.2. The van der Waals surface area contributed by atoms with Crippen LogP contribution in [0.2, 0.25) is 5.02 Å². The van der Waals surface area contributed by atoms with Crippen molar-refractivity contribution in [1.82, 2.24) is 20.2 Å². The number of nitrogen functional groups attached to an aromatic ring is 1. The molecular weight excluding hydrogens is 406 g/mol. The van der Waals surface area contributed by atoms with Gasteiger partial charge in [0.15, 0.2) is 0 Å². The highest BCUT2D eigenvalue weighted by atomic mass is 35.5. The van der Waals surface area contributed by atoms with Gasteiger partial charge in [-0.25, -0.2) is 5.43 Å². The van der Waals surface area contributed by atoms with Crippen LogP contribution in [0.3, 0.4) is 0 Å². The topological polar surface area (TPSA) is 76.2 Å². The Kier molecular flexibility index (Phi) is 5.63. The van der Waals surface area contributed by atoms with Gasteiger partial charge in [0.25, 0.3) is 5.56 Å². The van der Waals surface area contributed by atoms with E-state index in [1.54, 1.807) is 24.3 Å². The maximum Gasteiger partial charge on any atom is 0.282 e. The Morgan fingerprint density at radius 3 is 2.76 bits per heavy atom. The average Bonchev–Trinajstić information content (AvgIpc) is 3.11. The second-order valence-electron chi connectivity index (χ2n) is 7.22. The third-order valence-electron chi connectivity index (χ3n) is 5.14. The molecule has 1 aliphatic heterocycles. The van der Waals surface area contributed by atoms with Crippen LogP contribution in [0, 0.1) is 0 Å². The normalized spacial score (nSPS) is 17.0. The van der Waals surface area contributed by atoms with Gasteiger partial charge in [-0.3, -0.25) is 4.79 Å². The number of fused-ring (bicyclic) bond motifs is 1. The highest BCUT2D eigenvalue weighted by Crippen LogP contribution is 2.33. The molecule has 8 heteroatoms. The van der Waals surface area contributed by atoms with Crippen molar-refractivity contribution in [2.45, 2.75) is 39.2 Å². The van der Waals surface area contributed by atoms with E-state index in [-0.39, 0.29) is 5.56 Å². The Balaban J connectivity index is 1.93. The molecule has 0 radical (unpaired) electrons. The Labute approximate surface area is 178 Å². The van der Waals surface area contributed by atoms with E-state index in [9.17, 15) is 4.79 Å². The highest BCUT2D eigenvalue weighted by Gasteiger charge is 2.24. The van der Waals surface area contributed by atoms with Crippen molar-refractivity contribution in [3.05, 3.63) is 56.9 Å². The number of nitrogens with one attached hydrogen (secondary N) is 1. The summed E-state index contributed by atoms with van der Waals surface area (Å²) in [5.41, 5.74) is 12.1. The molecule has 0 fully saturated rings. The number of nitrogens with zero attached hydrogens (tertiary/aromatic N) is 3. The Hall–Kier alpha value is -2.35. The van der Waals surface area contributed by atoms with E-state index in [0.717, 1.165) is 42.5 Å². The summed E-state index contributed by atoms with van der Waals surface area (Å²) in [6, 6.07) is 7.43. The molecule has 1 aliphatic rings. The van der Waals surface area contributed by atoms with Gasteiger partial charge < -0.3 is 10.7 Å². The zero-order chi connectivity index (χ0) is 20.5. The molecule has 1 aromatic carbocycles. The van der Waals surface area contributed by atoms with Crippen molar-refractivity contribution >= 4 is 44.3 Å². The van der Waals surface area contributed by atoms with Gasteiger partial charge in [-0.2, -0.15) is 9.78 Å². The van der Waals surface area contributed by atoms with Gasteiger partial charge in [-0.15, -0.1) is 11.3 Å². The molecule has 6 nitrogen and oxygen atoms in total. The number of hydrogen-bond donors (Lipinski definition) is 2. The molecule has 0 bridgehead atoms. The van der Waals surface area contributed by atoms with Crippen LogP contribution in [0.15, 0.2) is 40.6 Å². The Bertz CT molecular complexity index is 1120. The van der Waals surface area contributed by atoms with Gasteiger partial charge >= 0.3 is 0 Å². The minimum atomic E-state index is -0.211. The lowest BCUT2D eigenvalue weighted by Gasteiger charge is -2.33. The predicted molar refractivity (Wildman–Crippen MR) is 121 cm³/mol. The molecular formula is C21H24ClN5OS. The van der Waals surface area contributed by atoms with E-state index in [1.807, 2.05) is 5.38 Å². The summed E-state index contributed by atoms with van der Waals surface area (Å²) in [5, 5.41) is 11.3. The maximum absolute atomic E-state index is 13.2. The molecule has 0 saturated heterocycles. The summed E-state index contributed by atoms with van der Waals surface area (Å²) in [6.45, 7) is 5.23. The van der Waals surface area contributed by atoms with Crippen molar-refractivity contribution in [3.63, 3.8) is 0 Å². The van der Waals surface area contributed by atoms with Crippen LogP contribution in [-0.2, 0) is 0 Å². The lowest BCUT2D eigenvalue weighted by atomic mass is 9.98. The first kappa shape index (κ1) is 19.9. The van der Waals surface area contributed by atoms with Crippen molar-refractivity contribution in [2.75, 3.05) is 12.3 Å². The van der Waals surface area contributed by atoms with Crippen molar-refractivity contribution in [3.8, 4) is 5.69 Å². The number of rotatable bonds is 5. The number of aromatic nitrogens is 2. The zero-order valence-corrected chi connectivity index (χ0v) is 18.1. The molecule has 4 rings (SSSR count). The molecule has 0 saturated carbocycles. The second kappa shape index (κ2) is 8.18. The zero-order valence-electron chi connectivity index (χ0n) is 16.5. The molecule has 2 aromatic heterocycles. The number of anilines is 1. The average molecular weight is 430 g/mol. The van der Waals surface area contributed by atoms with E-state index < -0.39 is 0 Å². The van der Waals surface area contributed by atoms with E-state index in [4.69, 9.17) is 22.4 Å². The number of hydrogen-bond acceptors (Lipinski definition) is 6. The monoisotopic (exact) mass is 429 g/mol. The molecule has 0 aliphatic carbocycles. The summed E-state index contributed by atoms with van der Waals surface area (Å²) in [6.07, 6.45) is 4.99. The van der Waals surface area contributed by atoms with Crippen molar-refractivity contribution < 1.29 is 0 Å². The van der Waals surface area contributed by atoms with Crippen molar-refractivity contribution in [2.24, 2.45) is 0 Å². The second-order valence-corrected chi connectivity index (χ2v) is 8.56. The first-order valence-electron chi connectivity index (χ1n) is 9.81. The fraction of sp³-hybridized carbons (Fsp3) is 0.333. The molecule has 3 N–H and O–H groups in total. The molecule has 152 valence electrons. The summed E-state index contributed by atoms with van der Waals surface area (Å²) >= 11 is 7.41. The molecule has 3 aromatic rings. The summed E-state index contributed by atoms with van der Waals surface area (Å²) in [5.74, 6) is 0. The number of hydrazine groups is 1. The third kappa shape index (κ3) is 3.77. The van der Waals surface area contributed by atoms with E-state index in [1.165, 1.54) is 16.0 Å². The lowest BCUT2D eigenvalue weighted by molar-refractivity contribution is 0.213. The van der Waals surface area contributed by atoms with Gasteiger partial charge in [0.2, 0.25) is 0 Å². The van der Waals surface area contributed by atoms with Crippen LogP contribution in [0.25, 0.3) is 22.0 Å². The standard InChI is InChI=1S/C21H24ClN5OS/c1-3-9-26-11-13(10-15(4-2)24-26)19-17-12-29-20(23)18(17)21(28)27(25-19)16-7-5-14(22)6-8-16/h5-8,11-12,15,24H,3-4,9-10,23H2,1-2H3. The van der Waals surface area contributed by atoms with E-state index in [0.29, 0.717) is 27.1 Å². The van der Waals surface area contributed by atoms with Gasteiger partial charge in [-0.1, -0.05) is 25.4 Å². The van der Waals surface area contributed by atoms with Crippen LogP contribution in [0.1, 0.15) is 38.8 Å². The fourth-order valence-electron chi connectivity index (χ4n) is 3.65. The molecule has 0 spiro atoms. The molecule has 0 amide bonds. The smallest absolute Gasteiger partial charge is 0.282 e. The number of benzene rings is 1. The van der Waals surface area contributed by atoms with Crippen LogP contribution >= 0.6 is 22.9 Å². The molecule has 29 heavy (non-hydrogen) atoms. The first-order chi connectivity index (χ1) is 14.0. The molecule has 1 unspecified atom stereocenters. The highest BCUT2D eigenvalue weighted by molar-refractivity contribution is 7.15. The minimum Gasteiger partial charge on any atom is -0.390 e. The largest absolute Gasteiger partial charge is 0.390 e. The molecule has 1 atom stereocenters. The predicted octanol–water partition coefficient (Wildman–Crippen LogP) is 4.42. The van der Waals surface area contributed by atoms with Crippen molar-refractivity contribution in [1.29, 1.82) is 0 Å². The maximum atomic E-state index is 13.2. The Morgan fingerprint density at radius 2 is 2.07 bits per heavy atom. The van der Waals surface area contributed by atoms with Crippen LogP contribution in [-0.4, -0.2) is 27.4 Å². The fourth-order valence-corrected chi connectivity index (χ4v) is 4.57. The van der Waals surface area contributed by atoms with Crippen LogP contribution < -0.4 is 16.7 Å². The van der Waals surface area contributed by atoms with Gasteiger partial charge in [0, 0.05) is 34.6 Å². The van der Waals surface area contributed by atoms with Gasteiger partial charge in [0.05, 0.1) is 21.8 Å². The Morgan fingerprint density at radius 1 is 1.31 bits per heavy atom. The van der Waals surface area contributed by atoms with Crippen LogP contribution in [0.4, 0.5) is 5.00 Å². The van der Waals surface area contributed by atoms with Gasteiger partial charge in [0.1, 0.15) is 0 Å². The summed E-state index contributed by atoms with van der Waals surface area (Å²) in [7, 11) is 0. The number of thiophene rings is 1. The van der Waals surface area contributed by atoms with E-state index >= 15 is 0 Å². The van der Waals surface area contributed by atoms with Crippen LogP contribution in [0.5, 0.6) is 0 Å². The SMILES string of the molecule is CCCN1C=C(c2nn(-c3ccc(Cl)cc3)c(=O)c3c(N)scc23)CC(CC)N1. The van der Waals surface area contributed by atoms with E-state index in [2.05, 4.69) is 30.5 Å². The first-order valence-corrected chi connectivity index (χ1v) is 11.1. The van der Waals surface area contributed by atoms with Gasteiger partial charge in [-0.05, 0) is 49.1 Å². The lowest BCUT2D eigenvalue weighted by Crippen LogP contribution is -2.45. The molecule has 3 heterocycles. The summed E-state index contributed by atoms with van der Waals surface area (Å²) < 4.78 is 1.44. The minimum absolute atomic E-state index is 0.211. The number of halogens is 1. The number of nitrogens with two attached hydrogens (primary N) is 1. The quantitative estimate of drug-likeness (QED) is 0.627.